The molecule has 0 bridgehead atoms. The van der Waals surface area contributed by atoms with Crippen LogP contribution in [0, 0.1) is 5.92 Å². The minimum Gasteiger partial charge on any atom is -0.494 e. The van der Waals surface area contributed by atoms with Crippen LogP contribution in [0.3, 0.4) is 0 Å². The molecule has 1 aliphatic heterocycles. The summed E-state index contributed by atoms with van der Waals surface area (Å²) in [6, 6.07) is 10.3. The van der Waals surface area contributed by atoms with Gasteiger partial charge in [-0.05, 0) is 60.4 Å². The number of sulfonamides is 1. The molecular formula is C21H21N5O5S2. The second-order valence-corrected chi connectivity index (χ2v) is 10.6. The van der Waals surface area contributed by atoms with Crippen molar-refractivity contribution in [1.29, 1.82) is 0 Å². The number of fused-ring (bicyclic) bond motifs is 2. The van der Waals surface area contributed by atoms with Crippen molar-refractivity contribution < 1.29 is 22.6 Å². The Morgan fingerprint density at radius 3 is 3.00 bits per heavy atom. The quantitative estimate of drug-likeness (QED) is 0.439. The molecule has 2 aromatic carbocycles. The number of carbonyl (C=O) groups excluding carboxylic acids is 1. The molecule has 1 saturated heterocycles. The number of hydrogen-bond acceptors (Lipinski definition) is 9. The Kier molecular flexibility index (Phi) is 5.72. The number of ether oxygens (including phenoxy) is 1. The molecule has 0 saturated carbocycles. The van der Waals surface area contributed by atoms with Gasteiger partial charge in [-0.1, -0.05) is 17.4 Å². The van der Waals surface area contributed by atoms with Crippen molar-refractivity contribution in [2.75, 3.05) is 25.0 Å². The lowest BCUT2D eigenvalue weighted by Crippen LogP contribution is -2.43. The van der Waals surface area contributed by atoms with E-state index >= 15 is 0 Å². The molecule has 1 fully saturated rings. The molecule has 1 atom stereocenters. The fourth-order valence-corrected chi connectivity index (χ4v) is 6.48. The van der Waals surface area contributed by atoms with E-state index in [1.807, 2.05) is 25.1 Å². The molecule has 0 radical (unpaired) electrons. The van der Waals surface area contributed by atoms with E-state index in [1.165, 1.54) is 21.7 Å². The number of hydrogen-bond donors (Lipinski definition) is 1. The van der Waals surface area contributed by atoms with Gasteiger partial charge in [0, 0.05) is 13.1 Å². The molecule has 172 valence electrons. The maximum absolute atomic E-state index is 13.3. The first-order valence-electron chi connectivity index (χ1n) is 10.5. The summed E-state index contributed by atoms with van der Waals surface area (Å²) in [6.45, 7) is 2.89. The third-order valence-electron chi connectivity index (χ3n) is 5.52. The summed E-state index contributed by atoms with van der Waals surface area (Å²) in [5.41, 5.74) is 1.32. The van der Waals surface area contributed by atoms with Crippen molar-refractivity contribution in [2.24, 2.45) is 5.92 Å². The molecule has 2 aromatic heterocycles. The number of benzene rings is 2. The molecule has 12 heteroatoms. The van der Waals surface area contributed by atoms with Gasteiger partial charge in [0.25, 0.3) is 0 Å². The molecule has 0 spiro atoms. The van der Waals surface area contributed by atoms with E-state index in [0.717, 1.165) is 16.0 Å². The van der Waals surface area contributed by atoms with Crippen molar-refractivity contribution in [3.05, 3.63) is 36.4 Å². The first kappa shape index (κ1) is 21.7. The zero-order valence-electron chi connectivity index (χ0n) is 17.7. The van der Waals surface area contributed by atoms with Crippen LogP contribution in [0.1, 0.15) is 19.8 Å². The highest BCUT2D eigenvalue weighted by molar-refractivity contribution is 7.89. The Labute approximate surface area is 193 Å². The number of aromatic nitrogens is 3. The maximum atomic E-state index is 13.3. The van der Waals surface area contributed by atoms with Crippen LogP contribution in [-0.4, -0.2) is 53.6 Å². The Morgan fingerprint density at radius 2 is 2.15 bits per heavy atom. The smallest absolute Gasteiger partial charge is 0.245 e. The van der Waals surface area contributed by atoms with E-state index in [2.05, 4.69) is 20.6 Å². The third-order valence-corrected chi connectivity index (χ3v) is 8.35. The number of nitrogens with one attached hydrogen (secondary N) is 1. The molecule has 0 aliphatic carbocycles. The number of carbonyl (C=O) groups is 1. The van der Waals surface area contributed by atoms with E-state index in [-0.39, 0.29) is 22.9 Å². The summed E-state index contributed by atoms with van der Waals surface area (Å²) in [6.07, 6.45) is 1.16. The van der Waals surface area contributed by atoms with Crippen LogP contribution in [0.25, 0.3) is 21.3 Å². The molecule has 33 heavy (non-hydrogen) atoms. The molecule has 10 nitrogen and oxygen atoms in total. The van der Waals surface area contributed by atoms with E-state index < -0.39 is 15.9 Å². The first-order chi connectivity index (χ1) is 16.0. The fraction of sp³-hybridized carbons (Fsp3) is 0.333. The van der Waals surface area contributed by atoms with Crippen LogP contribution in [-0.2, 0) is 14.8 Å². The summed E-state index contributed by atoms with van der Waals surface area (Å²) < 4.78 is 39.0. The van der Waals surface area contributed by atoms with Crippen molar-refractivity contribution >= 4 is 53.6 Å². The Bertz CT molecular complexity index is 1430. The largest absolute Gasteiger partial charge is 0.494 e. The van der Waals surface area contributed by atoms with Gasteiger partial charge in [-0.3, -0.25) is 4.79 Å². The minimum atomic E-state index is -3.86. The van der Waals surface area contributed by atoms with E-state index in [9.17, 15) is 13.2 Å². The fourth-order valence-electron chi connectivity index (χ4n) is 3.93. The number of thiazole rings is 1. The molecule has 1 aliphatic rings. The lowest BCUT2D eigenvalue weighted by molar-refractivity contribution is -0.120. The second kappa shape index (κ2) is 8.69. The van der Waals surface area contributed by atoms with Gasteiger partial charge in [-0.15, -0.1) is 0 Å². The molecule has 5 rings (SSSR count). The molecule has 0 unspecified atom stereocenters. The molecule has 4 aromatic rings. The van der Waals surface area contributed by atoms with Crippen molar-refractivity contribution in [3.8, 4) is 5.75 Å². The van der Waals surface area contributed by atoms with E-state index in [4.69, 9.17) is 9.37 Å². The summed E-state index contributed by atoms with van der Waals surface area (Å²) >= 11 is 1.35. The normalized spacial score (nSPS) is 17.4. The number of nitrogens with zero attached hydrogens (tertiary/aromatic N) is 4. The van der Waals surface area contributed by atoms with E-state index in [0.29, 0.717) is 36.6 Å². The number of anilines is 1. The summed E-state index contributed by atoms with van der Waals surface area (Å²) in [5.74, 6) is 0.00597. The van der Waals surface area contributed by atoms with Crippen LogP contribution in [0.2, 0.25) is 0 Å². The van der Waals surface area contributed by atoms with Crippen molar-refractivity contribution in [3.63, 3.8) is 0 Å². The monoisotopic (exact) mass is 487 g/mol. The van der Waals surface area contributed by atoms with Gasteiger partial charge in [0.1, 0.15) is 16.2 Å². The SMILES string of the molecule is CCOc1ccc2nc(NC(=O)[C@H]3CCCN(S(=O)(=O)c4cccc5nonc45)C3)sc2c1. The summed E-state index contributed by atoms with van der Waals surface area (Å²) in [5, 5.41) is 10.8. The lowest BCUT2D eigenvalue weighted by atomic mass is 9.99. The number of rotatable bonds is 6. The highest BCUT2D eigenvalue weighted by atomic mass is 32.2. The predicted octanol–water partition coefficient (Wildman–Crippen LogP) is 3.27. The average molecular weight is 488 g/mol. The zero-order chi connectivity index (χ0) is 23.0. The van der Waals surface area contributed by atoms with Gasteiger partial charge >= 0.3 is 0 Å². The average Bonchev–Trinajstić information content (AvgIpc) is 3.45. The van der Waals surface area contributed by atoms with Gasteiger partial charge in [0.15, 0.2) is 10.6 Å². The van der Waals surface area contributed by atoms with Gasteiger partial charge in [0.2, 0.25) is 15.9 Å². The van der Waals surface area contributed by atoms with Gasteiger partial charge in [-0.2, -0.15) is 4.31 Å². The Hall–Kier alpha value is -3.09. The van der Waals surface area contributed by atoms with Crippen molar-refractivity contribution in [2.45, 2.75) is 24.7 Å². The minimum absolute atomic E-state index is 0.0265. The standard InChI is InChI=1S/C21H21N5O5S2/c1-2-30-14-8-9-15-17(11-14)32-21(22-15)23-20(27)13-5-4-10-26(12-13)33(28,29)18-7-3-6-16-19(18)25-31-24-16/h3,6-9,11,13H,2,4-5,10,12H2,1H3,(H,22,23,27)/t13-/m0/s1. The van der Waals surface area contributed by atoms with Crippen LogP contribution in [0.15, 0.2) is 45.9 Å². The van der Waals surface area contributed by atoms with Crippen molar-refractivity contribution in [1.82, 2.24) is 19.6 Å². The van der Waals surface area contributed by atoms with E-state index in [1.54, 1.807) is 12.1 Å². The Morgan fingerprint density at radius 1 is 1.27 bits per heavy atom. The van der Waals surface area contributed by atoms with Crippen LogP contribution >= 0.6 is 11.3 Å². The highest BCUT2D eigenvalue weighted by Crippen LogP contribution is 2.31. The molecule has 3 heterocycles. The highest BCUT2D eigenvalue weighted by Gasteiger charge is 2.35. The number of amides is 1. The number of piperidine rings is 1. The van der Waals surface area contributed by atoms with Crippen LogP contribution in [0.4, 0.5) is 5.13 Å². The Balaban J connectivity index is 1.33. The predicted molar refractivity (Wildman–Crippen MR) is 123 cm³/mol. The molecule has 1 N–H and O–H groups in total. The summed E-state index contributed by atoms with van der Waals surface area (Å²) in [4.78, 5) is 17.5. The zero-order valence-corrected chi connectivity index (χ0v) is 19.4. The maximum Gasteiger partial charge on any atom is 0.245 e. The topological polar surface area (TPSA) is 128 Å². The van der Waals surface area contributed by atoms with Gasteiger partial charge < -0.3 is 10.1 Å². The summed E-state index contributed by atoms with van der Waals surface area (Å²) in [7, 11) is -3.86. The van der Waals surface area contributed by atoms with Crippen LogP contribution < -0.4 is 10.1 Å². The molecular weight excluding hydrogens is 466 g/mol. The van der Waals surface area contributed by atoms with Gasteiger partial charge in [0.05, 0.1) is 22.7 Å². The second-order valence-electron chi connectivity index (χ2n) is 7.66. The molecule has 1 amide bonds. The lowest BCUT2D eigenvalue weighted by Gasteiger charge is -2.31. The first-order valence-corrected chi connectivity index (χ1v) is 12.8. The third kappa shape index (κ3) is 4.16. The van der Waals surface area contributed by atoms with Gasteiger partial charge in [-0.25, -0.2) is 18.0 Å². The van der Waals surface area contributed by atoms with Crippen LogP contribution in [0.5, 0.6) is 5.75 Å².